The van der Waals surface area contributed by atoms with Gasteiger partial charge in [0.25, 0.3) is 0 Å². The smallest absolute Gasteiger partial charge is 0.161 e. The van der Waals surface area contributed by atoms with E-state index in [-0.39, 0.29) is 5.92 Å². The summed E-state index contributed by atoms with van der Waals surface area (Å²) in [5.41, 5.74) is 3.29. The highest BCUT2D eigenvalue weighted by atomic mass is 16.5. The molecule has 2 fully saturated rings. The molecule has 0 N–H and O–H groups in total. The summed E-state index contributed by atoms with van der Waals surface area (Å²) in [6.07, 6.45) is 6.79. The van der Waals surface area contributed by atoms with Gasteiger partial charge in [-0.15, -0.1) is 0 Å². The van der Waals surface area contributed by atoms with Crippen molar-refractivity contribution in [2.45, 2.75) is 57.7 Å². The summed E-state index contributed by atoms with van der Waals surface area (Å²) in [7, 11) is 0. The van der Waals surface area contributed by atoms with Gasteiger partial charge in [0.05, 0.1) is 0 Å². The number of rotatable bonds is 7. The Morgan fingerprint density at radius 2 is 1.30 bits per heavy atom. The molecule has 3 aromatic carbocycles. The molecular weight excluding hydrogens is 408 g/mol. The Morgan fingerprint density at radius 1 is 0.697 bits per heavy atom. The molecule has 0 amide bonds. The molecule has 3 nitrogen and oxygen atoms in total. The molecule has 0 aliphatic heterocycles. The van der Waals surface area contributed by atoms with E-state index in [9.17, 15) is 4.79 Å². The Hall–Kier alpha value is -3.07. The first-order valence-electron chi connectivity index (χ1n) is 12.3. The molecule has 0 unspecified atom stereocenters. The van der Waals surface area contributed by atoms with Crippen LogP contribution in [0.25, 0.3) is 0 Å². The normalized spacial score (nSPS) is 22.4. The van der Waals surface area contributed by atoms with E-state index in [2.05, 4.69) is 36.4 Å². The zero-order valence-corrected chi connectivity index (χ0v) is 19.1. The van der Waals surface area contributed by atoms with Gasteiger partial charge in [0, 0.05) is 12.3 Å². The van der Waals surface area contributed by atoms with E-state index in [4.69, 9.17) is 9.47 Å². The molecular formula is C30H32O3. The van der Waals surface area contributed by atoms with Crippen LogP contribution in [0.2, 0.25) is 0 Å². The number of benzene rings is 3. The Bertz CT molecular complexity index is 1060. The van der Waals surface area contributed by atoms with Crippen LogP contribution in [-0.2, 0) is 18.0 Å². The highest BCUT2D eigenvalue weighted by Gasteiger charge is 2.37. The van der Waals surface area contributed by atoms with Gasteiger partial charge in [0.15, 0.2) is 11.5 Å². The first-order valence-corrected chi connectivity index (χ1v) is 12.3. The van der Waals surface area contributed by atoms with Gasteiger partial charge in [-0.25, -0.2) is 0 Å². The maximum atomic E-state index is 13.1. The van der Waals surface area contributed by atoms with Crippen LogP contribution in [0.3, 0.4) is 0 Å². The summed E-state index contributed by atoms with van der Waals surface area (Å²) in [4.78, 5) is 13.1. The predicted octanol–water partition coefficient (Wildman–Crippen LogP) is 7.10. The molecule has 3 atom stereocenters. The second-order valence-corrected chi connectivity index (χ2v) is 9.52. The van der Waals surface area contributed by atoms with Crippen LogP contribution in [0, 0.1) is 11.8 Å². The van der Waals surface area contributed by atoms with Crippen molar-refractivity contribution in [2.24, 2.45) is 11.8 Å². The van der Waals surface area contributed by atoms with Crippen molar-refractivity contribution in [1.29, 1.82) is 0 Å². The fourth-order valence-corrected chi connectivity index (χ4v) is 5.46. The average Bonchev–Trinajstić information content (AvgIpc) is 2.87. The van der Waals surface area contributed by atoms with Crippen molar-refractivity contribution < 1.29 is 14.3 Å². The van der Waals surface area contributed by atoms with Crippen molar-refractivity contribution in [1.82, 2.24) is 0 Å². The van der Waals surface area contributed by atoms with E-state index >= 15 is 0 Å². The third kappa shape index (κ3) is 5.30. The van der Waals surface area contributed by atoms with Gasteiger partial charge in [-0.1, -0.05) is 86.0 Å². The number of ether oxygens (including phenoxy) is 2. The van der Waals surface area contributed by atoms with Gasteiger partial charge in [-0.05, 0) is 53.5 Å². The van der Waals surface area contributed by atoms with E-state index in [0.29, 0.717) is 36.6 Å². The zero-order valence-electron chi connectivity index (χ0n) is 19.1. The lowest BCUT2D eigenvalue weighted by molar-refractivity contribution is -0.125. The van der Waals surface area contributed by atoms with Crippen LogP contribution in [0.15, 0.2) is 78.9 Å². The van der Waals surface area contributed by atoms with Crippen molar-refractivity contribution in [2.75, 3.05) is 0 Å². The van der Waals surface area contributed by atoms with E-state index in [1.165, 1.54) is 25.7 Å². The number of carbonyl (C=O) groups is 1. The molecule has 5 rings (SSSR count). The van der Waals surface area contributed by atoms with Crippen molar-refractivity contribution in [3.63, 3.8) is 0 Å². The summed E-state index contributed by atoms with van der Waals surface area (Å²) >= 11 is 0. The van der Waals surface area contributed by atoms with E-state index in [0.717, 1.165) is 35.3 Å². The number of ketones is 1. The lowest BCUT2D eigenvalue weighted by Gasteiger charge is -2.38. The number of hydrogen-bond acceptors (Lipinski definition) is 3. The van der Waals surface area contributed by atoms with Gasteiger partial charge in [0.2, 0.25) is 0 Å². The number of fused-ring (bicyclic) bond motifs is 1. The zero-order chi connectivity index (χ0) is 22.5. The minimum absolute atomic E-state index is 0.0217. The summed E-state index contributed by atoms with van der Waals surface area (Å²) in [5.74, 6) is 3.09. The highest BCUT2D eigenvalue weighted by Crippen LogP contribution is 2.45. The minimum atomic E-state index is -0.0217. The Morgan fingerprint density at radius 3 is 1.97 bits per heavy atom. The highest BCUT2D eigenvalue weighted by molar-refractivity contribution is 5.87. The molecule has 0 spiro atoms. The molecule has 33 heavy (non-hydrogen) atoms. The van der Waals surface area contributed by atoms with Crippen molar-refractivity contribution >= 4 is 5.78 Å². The van der Waals surface area contributed by atoms with Gasteiger partial charge in [0.1, 0.15) is 19.0 Å². The quantitative estimate of drug-likeness (QED) is 0.393. The van der Waals surface area contributed by atoms with E-state index < -0.39 is 0 Å². The summed E-state index contributed by atoms with van der Waals surface area (Å²) < 4.78 is 12.4. The molecule has 0 heterocycles. The van der Waals surface area contributed by atoms with E-state index in [1.807, 2.05) is 42.5 Å². The largest absolute Gasteiger partial charge is 0.485 e. The third-order valence-corrected chi connectivity index (χ3v) is 7.30. The first-order chi connectivity index (χ1) is 16.3. The lowest BCUT2D eigenvalue weighted by Crippen LogP contribution is -2.32. The molecule has 0 saturated heterocycles. The maximum absolute atomic E-state index is 13.1. The van der Waals surface area contributed by atoms with Crippen LogP contribution in [-0.4, -0.2) is 5.78 Å². The third-order valence-electron chi connectivity index (χ3n) is 7.30. The standard InChI is InChI=1S/C30H32O3/c31-28-18-25-14-8-7-13-24(25)17-27(28)26-15-16-29(32-20-22-9-3-1-4-10-22)30(19-26)33-21-23-11-5-2-6-12-23/h1-6,9-12,15-16,19,24-25,27H,7-8,13-14,17-18,20-21H2/t24-,25+,27-/m0/s1. The molecule has 2 aliphatic rings. The van der Waals surface area contributed by atoms with Crippen molar-refractivity contribution in [3.05, 3.63) is 95.6 Å². The molecule has 0 radical (unpaired) electrons. The van der Waals surface area contributed by atoms with Crippen LogP contribution in [0.1, 0.15) is 61.1 Å². The fraction of sp³-hybridized carbons (Fsp3) is 0.367. The number of Topliss-reactive ketones (excluding diaryl/α,β-unsaturated/α-hetero) is 1. The molecule has 2 aliphatic carbocycles. The number of hydrogen-bond donors (Lipinski definition) is 0. The second kappa shape index (κ2) is 10.2. The van der Waals surface area contributed by atoms with E-state index in [1.54, 1.807) is 0 Å². The van der Waals surface area contributed by atoms with Gasteiger partial charge in [-0.2, -0.15) is 0 Å². The van der Waals surface area contributed by atoms with Crippen LogP contribution >= 0.6 is 0 Å². The number of carbonyl (C=O) groups excluding carboxylic acids is 1. The molecule has 0 aromatic heterocycles. The van der Waals surface area contributed by atoms with Gasteiger partial charge in [-0.3, -0.25) is 4.79 Å². The Labute approximate surface area is 196 Å². The summed E-state index contributed by atoms with van der Waals surface area (Å²) in [5, 5.41) is 0. The molecule has 0 bridgehead atoms. The van der Waals surface area contributed by atoms with Gasteiger partial charge < -0.3 is 9.47 Å². The molecule has 170 valence electrons. The van der Waals surface area contributed by atoms with Crippen LogP contribution < -0.4 is 9.47 Å². The summed E-state index contributed by atoms with van der Waals surface area (Å²) in [6, 6.07) is 26.4. The fourth-order valence-electron chi connectivity index (χ4n) is 5.46. The topological polar surface area (TPSA) is 35.5 Å². The molecule has 2 saturated carbocycles. The molecule has 3 aromatic rings. The Balaban J connectivity index is 1.37. The minimum Gasteiger partial charge on any atom is -0.485 e. The summed E-state index contributed by atoms with van der Waals surface area (Å²) in [6.45, 7) is 0.948. The molecule has 3 heteroatoms. The van der Waals surface area contributed by atoms with Gasteiger partial charge >= 0.3 is 0 Å². The lowest BCUT2D eigenvalue weighted by atomic mass is 9.65. The second-order valence-electron chi connectivity index (χ2n) is 9.52. The maximum Gasteiger partial charge on any atom is 0.161 e. The van der Waals surface area contributed by atoms with Crippen LogP contribution in [0.4, 0.5) is 0 Å². The van der Waals surface area contributed by atoms with Crippen molar-refractivity contribution in [3.8, 4) is 11.5 Å². The average molecular weight is 441 g/mol. The predicted molar refractivity (Wildman–Crippen MR) is 130 cm³/mol. The SMILES string of the molecule is O=C1C[C@H]2CCCC[C@H]2C[C@H]1c1ccc(OCc2ccccc2)c(OCc2ccccc2)c1. The first kappa shape index (κ1) is 21.8. The monoisotopic (exact) mass is 440 g/mol. The Kier molecular flexibility index (Phi) is 6.76. The van der Waals surface area contributed by atoms with Crippen LogP contribution in [0.5, 0.6) is 11.5 Å².